The highest BCUT2D eigenvalue weighted by Gasteiger charge is 2.23. The maximum Gasteiger partial charge on any atom is 0.311 e. The fourth-order valence-electron chi connectivity index (χ4n) is 8.77. The van der Waals surface area contributed by atoms with Crippen molar-refractivity contribution in [3.8, 4) is 52.9 Å². The van der Waals surface area contributed by atoms with E-state index in [0.29, 0.717) is 29.4 Å². The zero-order valence-corrected chi connectivity index (χ0v) is 65.2. The number of nitrogen functional groups attached to an aromatic ring is 4. The molecule has 11 aromatic rings. The molecule has 13 N–H and O–H groups in total. The van der Waals surface area contributed by atoms with Gasteiger partial charge in [-0.3, -0.25) is 24.4 Å². The summed E-state index contributed by atoms with van der Waals surface area (Å²) in [7, 11) is -0.952. The number of nitrogens with two attached hydrogens (primary N) is 6. The lowest BCUT2D eigenvalue weighted by molar-refractivity contribution is -0.384. The highest BCUT2D eigenvalue weighted by molar-refractivity contribution is 9.09. The molecule has 11 aromatic heterocycles. The molecule has 0 aromatic carbocycles. The molecule has 3 aliphatic heterocycles. The lowest BCUT2D eigenvalue weighted by atomic mass is 10.2. The first-order valence-electron chi connectivity index (χ1n) is 31.4. The maximum atomic E-state index is 12.1. The van der Waals surface area contributed by atoms with Gasteiger partial charge in [-0.15, -0.1) is 68.4 Å². The molecule has 0 saturated heterocycles. The topological polar surface area (TPSA) is 374 Å². The van der Waals surface area contributed by atoms with Gasteiger partial charge in [-0.25, -0.2) is 39.9 Å². The van der Waals surface area contributed by atoms with E-state index in [2.05, 4.69) is 154 Å². The Balaban J connectivity index is 0.000000169. The van der Waals surface area contributed by atoms with Gasteiger partial charge in [-0.2, -0.15) is 0 Å². The van der Waals surface area contributed by atoms with E-state index in [1.54, 1.807) is 57.5 Å². The van der Waals surface area contributed by atoms with Crippen LogP contribution < -0.4 is 39.7 Å². The number of thioether (sulfide) groups is 1. The number of hydrogen-bond donors (Lipinski definition) is 7. The second-order valence-electron chi connectivity index (χ2n) is 21.4. The molecule has 3 aliphatic rings. The zero-order chi connectivity index (χ0) is 73.5. The van der Waals surface area contributed by atoms with E-state index < -0.39 is 20.6 Å². The molecule has 14 heterocycles. The summed E-state index contributed by atoms with van der Waals surface area (Å²) >= 11 is 28.1. The van der Waals surface area contributed by atoms with Crippen LogP contribution in [0.25, 0.3) is 52.9 Å². The summed E-state index contributed by atoms with van der Waals surface area (Å²) < 4.78 is 12.1. The van der Waals surface area contributed by atoms with Gasteiger partial charge in [0.2, 0.25) is 11.6 Å². The van der Waals surface area contributed by atoms with Gasteiger partial charge in [-0.05, 0) is 155 Å². The van der Waals surface area contributed by atoms with Crippen molar-refractivity contribution in [2.75, 3.05) is 45.1 Å². The minimum Gasteiger partial charge on any atom is -0.396 e. The Bertz CT molecular complexity index is 4600. The molecule has 33 heteroatoms. The van der Waals surface area contributed by atoms with Gasteiger partial charge in [0.15, 0.2) is 5.11 Å². The normalized spacial score (nSPS) is 11.9. The fraction of sp³-hybridized carbons (Fsp3) is 0.217. The summed E-state index contributed by atoms with van der Waals surface area (Å²) in [4.78, 5) is 60.9. The Labute approximate surface area is 642 Å². The number of pyridine rings is 6. The molecule has 0 fully saturated rings. The van der Waals surface area contributed by atoms with Crippen molar-refractivity contribution >= 4 is 203 Å². The first-order valence-corrected chi connectivity index (χ1v) is 40.5. The molecule has 0 spiro atoms. The van der Waals surface area contributed by atoms with Crippen LogP contribution in [0.5, 0.6) is 0 Å². The lowest BCUT2D eigenvalue weighted by Crippen LogP contribution is -2.18. The largest absolute Gasteiger partial charge is 0.396 e. The smallest absolute Gasteiger partial charge is 0.311 e. The molecule has 0 amide bonds. The van der Waals surface area contributed by atoms with Crippen LogP contribution in [0.2, 0.25) is 5.15 Å². The number of aliphatic imine (C=N–C) groups is 2. The Morgan fingerprint density at radius 3 is 1.41 bits per heavy atom. The molecule has 0 saturated carbocycles. The summed E-state index contributed by atoms with van der Waals surface area (Å²) in [5.41, 5.74) is 42.0. The minimum absolute atomic E-state index is 0.000000000000000222. The Hall–Kier alpha value is -8.41. The third kappa shape index (κ3) is 25.5. The third-order valence-electron chi connectivity index (χ3n) is 13.8. The number of hydrogen-bond acceptors (Lipinski definition) is 25. The molecule has 532 valence electrons. The maximum absolute atomic E-state index is 12.1. The fourth-order valence-corrected chi connectivity index (χ4v) is 15.6. The summed E-state index contributed by atoms with van der Waals surface area (Å²) in [5, 5.41) is 37.2. The second-order valence-corrected chi connectivity index (χ2v) is 31.0. The van der Waals surface area contributed by atoms with Gasteiger partial charge in [0.1, 0.15) is 16.0 Å². The summed E-state index contributed by atoms with van der Waals surface area (Å²) in [6.45, 7) is 6.51. The molecular weight excluding hydrogens is 1550 g/mol. The van der Waals surface area contributed by atoms with Crippen molar-refractivity contribution in [3.05, 3.63) is 203 Å². The molecule has 1 atom stereocenters. The SMILES string of the molecule is CCCCBr.CCCCS(=O)C1=Nc2ccc(-c3cccs3)nc2C1.CCCCSC1=Nc2ccc(-c3cccs3)nc2C1.NC(N)=S.Nc1ccc(-c2cccs2)nc1N.Nc1nc(-c2cccs2)ccc1[N+](=O)[O-].Nc1nc(Cl)ccc1[N+](=O)[O-].S=C1Cc2nc(-c3cccs3)ccc2N1. The van der Waals surface area contributed by atoms with Crippen LogP contribution in [0.3, 0.4) is 0 Å². The van der Waals surface area contributed by atoms with Gasteiger partial charge >= 0.3 is 11.4 Å². The molecule has 14 rings (SSSR count). The van der Waals surface area contributed by atoms with E-state index in [1.165, 1.54) is 75.8 Å². The van der Waals surface area contributed by atoms with Crippen molar-refractivity contribution in [1.82, 2.24) is 29.9 Å². The first kappa shape index (κ1) is 80.9. The van der Waals surface area contributed by atoms with Crippen molar-refractivity contribution in [3.63, 3.8) is 0 Å². The number of aromatic nitrogens is 6. The third-order valence-corrected chi connectivity index (χ3v) is 21.8. The van der Waals surface area contributed by atoms with Crippen LogP contribution in [-0.2, 0) is 30.1 Å². The predicted octanol–water partition coefficient (Wildman–Crippen LogP) is 18.9. The molecule has 0 bridgehead atoms. The summed E-state index contributed by atoms with van der Waals surface area (Å²) in [5.74, 6) is 2.06. The highest BCUT2D eigenvalue weighted by Crippen LogP contribution is 2.35. The Morgan fingerprint density at radius 1 is 0.559 bits per heavy atom. The van der Waals surface area contributed by atoms with Crippen LogP contribution in [0, 0.1) is 20.2 Å². The quantitative estimate of drug-likeness (QED) is 0.0125. The van der Waals surface area contributed by atoms with Crippen molar-refractivity contribution in [2.24, 2.45) is 21.5 Å². The van der Waals surface area contributed by atoms with Crippen LogP contribution in [-0.4, -0.2) is 81.0 Å². The van der Waals surface area contributed by atoms with Gasteiger partial charge in [0.05, 0.1) is 123 Å². The number of thiophene rings is 5. The molecule has 1 unspecified atom stereocenters. The van der Waals surface area contributed by atoms with Crippen LogP contribution in [0.15, 0.2) is 170 Å². The van der Waals surface area contributed by atoms with Crippen LogP contribution in [0.1, 0.15) is 76.4 Å². The average molecular weight is 1620 g/mol. The number of anilines is 5. The molecule has 22 nitrogen and oxygen atoms in total. The van der Waals surface area contributed by atoms with Crippen molar-refractivity contribution in [1.29, 1.82) is 0 Å². The Kier molecular flexibility index (Phi) is 33.5. The molecular formula is C69H73BrClN17O5S9. The Morgan fingerprint density at radius 2 is 0.980 bits per heavy atom. The number of rotatable bonds is 15. The van der Waals surface area contributed by atoms with Gasteiger partial charge in [0, 0.05) is 42.5 Å². The van der Waals surface area contributed by atoms with E-state index in [1.807, 2.05) is 88.6 Å². The second kappa shape index (κ2) is 42.2. The number of nitrogens with zero attached hydrogens (tertiary/aromatic N) is 10. The number of halogens is 2. The highest BCUT2D eigenvalue weighted by atomic mass is 79.9. The van der Waals surface area contributed by atoms with Crippen molar-refractivity contribution in [2.45, 2.75) is 78.6 Å². The van der Waals surface area contributed by atoms with E-state index in [9.17, 15) is 24.4 Å². The number of thiocarbonyl (C=S) groups is 2. The first-order chi connectivity index (χ1) is 49.2. The van der Waals surface area contributed by atoms with E-state index in [0.717, 1.165) is 113 Å². The average Bonchev–Trinajstić information content (AvgIpc) is 1.69. The van der Waals surface area contributed by atoms with Crippen LogP contribution in [0.4, 0.5) is 51.6 Å². The standard InChI is InChI=1S/C15H16N2OS2.C15H16N2S2.C11H8N2S2.C9H7N3O2S.C9H9N3S.C5H4ClN3O2.C4H9Br.CH4N2S/c1-2-3-9-20(18)15-10-13-11(17-15)6-7-12(16-13)14-5-4-8-19-14;1-2-3-8-19-15-10-13-11(17-15)6-7-12(16-13)14-5-4-9-18-14;14-11-6-9-7(13-11)3-4-8(12-9)10-2-1-5-15-10;10-9-7(12(13)14)4-3-6(11-9)8-2-1-5-15-8;10-6-3-4-7(12-9(6)11)8-2-1-5-13-8;6-4-2-1-3(9(10)11)5(7)8-4;1-2-3-4-5;2-1(3)4/h4-8H,2-3,9-10H2,1H3;4-7,9H,2-3,8,10H2,1H3;1-5H,6H2,(H,13,14);1-5H,(H2,10,11);1-5H,10H2,(H2,11,12);1-2H,(H2,7,8);2-4H2,1H3;(H4,2,3,4). The van der Waals surface area contributed by atoms with Crippen LogP contribution >= 0.6 is 120 Å². The van der Waals surface area contributed by atoms with Crippen molar-refractivity contribution < 1.29 is 14.1 Å². The number of nitro groups is 2. The van der Waals surface area contributed by atoms with Gasteiger partial charge < -0.3 is 39.7 Å². The minimum atomic E-state index is -0.952. The molecule has 0 radical (unpaired) electrons. The van der Waals surface area contributed by atoms with Gasteiger partial charge in [0.25, 0.3) is 0 Å². The lowest BCUT2D eigenvalue weighted by Gasteiger charge is -2.01. The predicted molar refractivity (Wildman–Crippen MR) is 444 cm³/mol. The summed E-state index contributed by atoms with van der Waals surface area (Å²) in [6, 6.07) is 41.5. The monoisotopic (exact) mass is 1620 g/mol. The number of nitrogens with one attached hydrogen (secondary N) is 1. The van der Waals surface area contributed by atoms with Gasteiger partial charge in [-0.1, -0.05) is 110 Å². The zero-order valence-electron chi connectivity index (χ0n) is 55.5. The molecule has 0 aliphatic carbocycles. The van der Waals surface area contributed by atoms with E-state index >= 15 is 0 Å². The number of unbranched alkanes of at least 4 members (excludes halogenated alkanes) is 3. The number of fused-ring (bicyclic) bond motifs is 3. The number of alkyl halides is 1. The van der Waals surface area contributed by atoms with E-state index in [-0.39, 0.29) is 33.3 Å². The van der Waals surface area contributed by atoms with E-state index in [4.69, 9.17) is 51.7 Å². The summed E-state index contributed by atoms with van der Waals surface area (Å²) in [6.07, 6.45) is 9.45. The molecule has 102 heavy (non-hydrogen) atoms.